The van der Waals surface area contributed by atoms with Gasteiger partial charge in [0.25, 0.3) is 0 Å². The molecule has 22 heavy (non-hydrogen) atoms. The second-order valence-corrected chi connectivity index (χ2v) is 8.68. The molecular formula is C18H39O3P. The molecular weight excluding hydrogens is 295 g/mol. The van der Waals surface area contributed by atoms with Crippen LogP contribution in [-0.2, 0) is 9.05 Å². The molecule has 2 atom stereocenters. The lowest BCUT2D eigenvalue weighted by Crippen LogP contribution is -2.08. The maximum Gasteiger partial charge on any atom is 0.329 e. The van der Waals surface area contributed by atoms with Crippen LogP contribution in [0.3, 0.4) is 0 Å². The van der Waals surface area contributed by atoms with Crippen molar-refractivity contribution in [3.05, 3.63) is 0 Å². The van der Waals surface area contributed by atoms with E-state index in [0.717, 1.165) is 24.7 Å². The highest BCUT2D eigenvalue weighted by molar-refractivity contribution is 7.40. The van der Waals surface area contributed by atoms with Crippen LogP contribution < -0.4 is 0 Å². The van der Waals surface area contributed by atoms with E-state index in [1.165, 1.54) is 25.7 Å². The van der Waals surface area contributed by atoms with Crippen molar-refractivity contribution < 1.29 is 13.9 Å². The summed E-state index contributed by atoms with van der Waals surface area (Å²) in [6.07, 6.45) is 7.32. The molecule has 0 fully saturated rings. The van der Waals surface area contributed by atoms with Crippen LogP contribution in [0, 0.1) is 23.7 Å². The highest BCUT2D eigenvalue weighted by Gasteiger charge is 2.12. The molecule has 0 aromatic rings. The van der Waals surface area contributed by atoms with Crippen molar-refractivity contribution >= 4 is 8.60 Å². The van der Waals surface area contributed by atoms with Gasteiger partial charge in [-0.25, -0.2) is 0 Å². The van der Waals surface area contributed by atoms with E-state index in [1.807, 2.05) is 0 Å². The van der Waals surface area contributed by atoms with Gasteiger partial charge in [-0.15, -0.1) is 0 Å². The van der Waals surface area contributed by atoms with Gasteiger partial charge in [0.15, 0.2) is 0 Å². The van der Waals surface area contributed by atoms with Gasteiger partial charge < -0.3 is 13.9 Å². The molecule has 0 aromatic heterocycles. The van der Waals surface area contributed by atoms with E-state index in [0.29, 0.717) is 25.0 Å². The van der Waals surface area contributed by atoms with E-state index in [2.05, 4.69) is 41.5 Å². The van der Waals surface area contributed by atoms with E-state index < -0.39 is 8.60 Å². The molecule has 0 spiro atoms. The fraction of sp³-hybridized carbons (Fsp3) is 1.00. The fourth-order valence-electron chi connectivity index (χ4n) is 2.34. The molecule has 0 heterocycles. The quantitative estimate of drug-likeness (QED) is 0.386. The first kappa shape index (κ1) is 22.3. The van der Waals surface area contributed by atoms with Crippen LogP contribution >= 0.6 is 8.60 Å². The smallest absolute Gasteiger partial charge is 0.328 e. The molecule has 0 aliphatic heterocycles. The highest BCUT2D eigenvalue weighted by atomic mass is 31.2. The van der Waals surface area contributed by atoms with Gasteiger partial charge in [0, 0.05) is 0 Å². The van der Waals surface area contributed by atoms with E-state index in [1.54, 1.807) is 0 Å². The molecule has 0 saturated heterocycles. The standard InChI is InChI=1S/C18H39O3P/c1-15(2)9-7-11-17(5)13-20-22(19)21-14-18(6)12-8-10-16(3)4/h15-19H,7-14H2,1-6H3. The van der Waals surface area contributed by atoms with Gasteiger partial charge in [0.1, 0.15) is 0 Å². The third kappa shape index (κ3) is 15.2. The molecule has 0 radical (unpaired) electrons. The maximum atomic E-state index is 9.79. The van der Waals surface area contributed by atoms with Crippen molar-refractivity contribution in [3.63, 3.8) is 0 Å². The SMILES string of the molecule is CC(C)CCCC(C)COP(O)OCC(C)CCCC(C)C. The monoisotopic (exact) mass is 334 g/mol. The van der Waals surface area contributed by atoms with Crippen molar-refractivity contribution in [1.82, 2.24) is 0 Å². The Balaban J connectivity index is 3.57. The van der Waals surface area contributed by atoms with Gasteiger partial charge in [-0.2, -0.15) is 0 Å². The van der Waals surface area contributed by atoms with Gasteiger partial charge in [-0.05, 0) is 36.5 Å². The molecule has 0 amide bonds. The van der Waals surface area contributed by atoms with Crippen molar-refractivity contribution in [2.45, 2.75) is 80.1 Å². The fourth-order valence-corrected chi connectivity index (χ4v) is 3.17. The van der Waals surface area contributed by atoms with E-state index in [9.17, 15) is 4.89 Å². The Morgan fingerprint density at radius 1 is 0.682 bits per heavy atom. The Hall–Kier alpha value is 0.310. The largest absolute Gasteiger partial charge is 0.329 e. The molecule has 0 saturated carbocycles. The Morgan fingerprint density at radius 2 is 1.05 bits per heavy atom. The molecule has 0 bridgehead atoms. The van der Waals surface area contributed by atoms with Crippen molar-refractivity contribution in [2.24, 2.45) is 23.7 Å². The van der Waals surface area contributed by atoms with Gasteiger partial charge in [0.05, 0.1) is 13.2 Å². The maximum absolute atomic E-state index is 9.79. The summed E-state index contributed by atoms with van der Waals surface area (Å²) in [5, 5.41) is 0. The zero-order valence-corrected chi connectivity index (χ0v) is 16.6. The number of rotatable bonds is 14. The summed E-state index contributed by atoms with van der Waals surface area (Å²) in [5.74, 6) is 2.51. The van der Waals surface area contributed by atoms with Crippen LogP contribution in [0.5, 0.6) is 0 Å². The first-order valence-electron chi connectivity index (χ1n) is 9.06. The van der Waals surface area contributed by atoms with Crippen LogP contribution in [0.1, 0.15) is 80.1 Å². The summed E-state index contributed by atoms with van der Waals surface area (Å²) in [6.45, 7) is 14.6. The first-order valence-corrected chi connectivity index (χ1v) is 10.2. The number of hydrogen-bond acceptors (Lipinski definition) is 3. The minimum absolute atomic E-state index is 0.489. The molecule has 0 rings (SSSR count). The molecule has 2 unspecified atom stereocenters. The van der Waals surface area contributed by atoms with E-state index >= 15 is 0 Å². The molecule has 0 aromatic carbocycles. The van der Waals surface area contributed by atoms with Crippen LogP contribution in [0.4, 0.5) is 0 Å². The van der Waals surface area contributed by atoms with Crippen LogP contribution in [0.15, 0.2) is 0 Å². The summed E-state index contributed by atoms with van der Waals surface area (Å²) < 4.78 is 10.9. The minimum Gasteiger partial charge on any atom is -0.328 e. The zero-order chi connectivity index (χ0) is 17.0. The summed E-state index contributed by atoms with van der Waals surface area (Å²) >= 11 is 0. The molecule has 0 aliphatic rings. The van der Waals surface area contributed by atoms with E-state index in [-0.39, 0.29) is 0 Å². The van der Waals surface area contributed by atoms with Crippen LogP contribution in [0.2, 0.25) is 0 Å². The Morgan fingerprint density at radius 3 is 1.36 bits per heavy atom. The third-order valence-electron chi connectivity index (χ3n) is 3.90. The average molecular weight is 334 g/mol. The van der Waals surface area contributed by atoms with Crippen molar-refractivity contribution in [1.29, 1.82) is 0 Å². The van der Waals surface area contributed by atoms with Crippen LogP contribution in [0.25, 0.3) is 0 Å². The second-order valence-electron chi connectivity index (χ2n) is 7.69. The molecule has 134 valence electrons. The predicted molar refractivity (Wildman–Crippen MR) is 96.7 cm³/mol. The van der Waals surface area contributed by atoms with Gasteiger partial charge in [-0.1, -0.05) is 67.2 Å². The molecule has 0 aliphatic carbocycles. The Bertz CT molecular complexity index is 222. The Kier molecular flexibility index (Phi) is 13.9. The minimum atomic E-state index is -1.70. The lowest BCUT2D eigenvalue weighted by Gasteiger charge is -2.17. The van der Waals surface area contributed by atoms with Gasteiger partial charge in [0.2, 0.25) is 0 Å². The zero-order valence-electron chi connectivity index (χ0n) is 15.7. The average Bonchev–Trinajstić information content (AvgIpc) is 2.42. The van der Waals surface area contributed by atoms with Crippen molar-refractivity contribution in [2.75, 3.05) is 13.2 Å². The second kappa shape index (κ2) is 13.7. The first-order chi connectivity index (χ1) is 10.3. The summed E-state index contributed by atoms with van der Waals surface area (Å²) in [4.78, 5) is 9.79. The molecule has 4 heteroatoms. The predicted octanol–water partition coefficient (Wildman–Crippen LogP) is 6.16. The highest BCUT2D eigenvalue weighted by Crippen LogP contribution is 2.34. The van der Waals surface area contributed by atoms with Crippen molar-refractivity contribution in [3.8, 4) is 0 Å². The summed E-state index contributed by atoms with van der Waals surface area (Å²) in [5.41, 5.74) is 0. The Labute approximate surface area is 140 Å². The normalized spacial score (nSPS) is 16.2. The molecule has 1 N–H and O–H groups in total. The van der Waals surface area contributed by atoms with Crippen LogP contribution in [-0.4, -0.2) is 18.1 Å². The van der Waals surface area contributed by atoms with Gasteiger partial charge in [-0.3, -0.25) is 0 Å². The lowest BCUT2D eigenvalue weighted by molar-refractivity contribution is 0.157. The molecule has 3 nitrogen and oxygen atoms in total. The third-order valence-corrected chi connectivity index (χ3v) is 4.64. The summed E-state index contributed by atoms with van der Waals surface area (Å²) in [7, 11) is -1.70. The summed E-state index contributed by atoms with van der Waals surface area (Å²) in [6, 6.07) is 0. The topological polar surface area (TPSA) is 38.7 Å². The van der Waals surface area contributed by atoms with E-state index in [4.69, 9.17) is 9.05 Å². The van der Waals surface area contributed by atoms with Gasteiger partial charge >= 0.3 is 8.60 Å². The lowest BCUT2D eigenvalue weighted by atomic mass is 10.0. The number of hydrogen-bond donors (Lipinski definition) is 1.